The van der Waals surface area contributed by atoms with Crippen LogP contribution in [-0.4, -0.2) is 13.3 Å². The number of hydrogen-bond donors (Lipinski definition) is 1. The van der Waals surface area contributed by atoms with Gasteiger partial charge in [-0.25, -0.2) is 0 Å². The van der Waals surface area contributed by atoms with Crippen molar-refractivity contribution in [3.63, 3.8) is 0 Å². The van der Waals surface area contributed by atoms with Crippen LogP contribution < -0.4 is 10.1 Å². The Morgan fingerprint density at radius 3 is 2.39 bits per heavy atom. The van der Waals surface area contributed by atoms with Crippen LogP contribution >= 0.6 is 11.6 Å². The van der Waals surface area contributed by atoms with Gasteiger partial charge in [0.1, 0.15) is 5.75 Å². The predicted molar refractivity (Wildman–Crippen MR) is 106 cm³/mol. The Morgan fingerprint density at radius 2 is 1.82 bits per heavy atom. The Labute approximate surface area is 168 Å². The van der Waals surface area contributed by atoms with E-state index in [9.17, 15) is 13.2 Å². The largest absolute Gasteiger partial charge is 0.497 e. The van der Waals surface area contributed by atoms with Gasteiger partial charge in [0.2, 0.25) is 0 Å². The monoisotopic (exact) mass is 407 g/mol. The molecule has 1 saturated carbocycles. The maximum atomic E-state index is 14.0. The molecule has 0 spiro atoms. The summed E-state index contributed by atoms with van der Waals surface area (Å²) in [5.41, 5.74) is -0.985. The van der Waals surface area contributed by atoms with E-state index in [0.29, 0.717) is 12.2 Å². The molecule has 0 aromatic heterocycles. The van der Waals surface area contributed by atoms with Crippen LogP contribution in [0.3, 0.4) is 0 Å². The van der Waals surface area contributed by atoms with E-state index in [0.717, 1.165) is 31.1 Å². The normalized spacial score (nSPS) is 15.9. The molecule has 1 fully saturated rings. The van der Waals surface area contributed by atoms with Crippen molar-refractivity contribution in [3.8, 4) is 17.6 Å². The van der Waals surface area contributed by atoms with Crippen LogP contribution in [0.1, 0.15) is 30.9 Å². The second kappa shape index (κ2) is 7.97. The molecule has 2 aromatic rings. The van der Waals surface area contributed by atoms with Gasteiger partial charge in [0, 0.05) is 28.7 Å². The van der Waals surface area contributed by atoms with E-state index < -0.39 is 11.6 Å². The molecule has 1 atom stereocenters. The van der Waals surface area contributed by atoms with Crippen LogP contribution in [0.25, 0.3) is 0 Å². The van der Waals surface area contributed by atoms with Crippen molar-refractivity contribution < 1.29 is 17.9 Å². The van der Waals surface area contributed by atoms with E-state index in [1.54, 1.807) is 31.4 Å². The van der Waals surface area contributed by atoms with Crippen LogP contribution in [0.4, 0.5) is 18.9 Å². The van der Waals surface area contributed by atoms with Gasteiger partial charge in [-0.1, -0.05) is 35.6 Å². The molecule has 1 N–H and O–H groups in total. The lowest BCUT2D eigenvalue weighted by Crippen LogP contribution is -2.39. The standard InChI is InChI=1S/C22H21ClF3NO/c1-21(22(24,25)26,12-11-15-3-4-15)19-13-17(23)7-10-20(19)27-14-16-5-8-18(28-2)9-6-16/h5-10,13,15,27H,3-4,14H2,1-2H3/t21-/m1/s1. The third kappa shape index (κ3) is 4.56. The van der Waals surface area contributed by atoms with Gasteiger partial charge in [-0.05, 0) is 55.7 Å². The molecule has 2 aromatic carbocycles. The van der Waals surface area contributed by atoms with Crippen molar-refractivity contribution >= 4 is 17.3 Å². The molecular formula is C22H21ClF3NO. The minimum atomic E-state index is -4.53. The highest BCUT2D eigenvalue weighted by Gasteiger charge is 2.52. The first-order chi connectivity index (χ1) is 13.2. The summed E-state index contributed by atoms with van der Waals surface area (Å²) in [5.74, 6) is 6.07. The number of rotatable bonds is 5. The molecule has 0 bridgehead atoms. The topological polar surface area (TPSA) is 21.3 Å². The van der Waals surface area contributed by atoms with E-state index in [4.69, 9.17) is 16.3 Å². The Hall–Kier alpha value is -2.32. The zero-order chi connectivity index (χ0) is 20.4. The summed E-state index contributed by atoms with van der Waals surface area (Å²) in [7, 11) is 1.58. The minimum absolute atomic E-state index is 0.0363. The fraction of sp³-hybridized carbons (Fsp3) is 0.364. The molecule has 1 aliphatic rings. The number of nitrogens with one attached hydrogen (secondary N) is 1. The fourth-order valence-electron chi connectivity index (χ4n) is 2.79. The van der Waals surface area contributed by atoms with Crippen molar-refractivity contribution in [1.82, 2.24) is 0 Å². The second-order valence-corrected chi connectivity index (χ2v) is 7.49. The van der Waals surface area contributed by atoms with E-state index >= 15 is 0 Å². The maximum absolute atomic E-state index is 14.0. The first-order valence-electron chi connectivity index (χ1n) is 8.99. The van der Waals surface area contributed by atoms with E-state index in [1.165, 1.54) is 6.07 Å². The van der Waals surface area contributed by atoms with Crippen LogP contribution in [0, 0.1) is 17.8 Å². The zero-order valence-corrected chi connectivity index (χ0v) is 16.4. The number of halogens is 4. The number of benzene rings is 2. The SMILES string of the molecule is COc1ccc(CNc2ccc(Cl)cc2[C@@](C)(C#CC2CC2)C(F)(F)F)cc1. The Morgan fingerprint density at radius 1 is 1.14 bits per heavy atom. The number of hydrogen-bond acceptors (Lipinski definition) is 2. The van der Waals surface area contributed by atoms with Gasteiger partial charge in [-0.3, -0.25) is 0 Å². The molecule has 6 heteroatoms. The van der Waals surface area contributed by atoms with E-state index in [-0.39, 0.29) is 16.5 Å². The Bertz CT molecular complexity index is 895. The highest BCUT2D eigenvalue weighted by atomic mass is 35.5. The molecule has 0 unspecified atom stereocenters. The molecule has 3 rings (SSSR count). The third-order valence-corrected chi connectivity index (χ3v) is 5.07. The quantitative estimate of drug-likeness (QED) is 0.596. The smallest absolute Gasteiger partial charge is 0.408 e. The highest BCUT2D eigenvalue weighted by molar-refractivity contribution is 6.30. The summed E-state index contributed by atoms with van der Waals surface area (Å²) in [6.07, 6.45) is -2.81. The van der Waals surface area contributed by atoms with Gasteiger partial charge in [0.15, 0.2) is 5.41 Å². The Kier molecular flexibility index (Phi) is 5.81. The van der Waals surface area contributed by atoms with Crippen LogP contribution in [0.5, 0.6) is 5.75 Å². The molecular weight excluding hydrogens is 387 g/mol. The Balaban J connectivity index is 1.93. The molecule has 28 heavy (non-hydrogen) atoms. The van der Waals surface area contributed by atoms with Gasteiger partial charge in [0.25, 0.3) is 0 Å². The van der Waals surface area contributed by atoms with E-state index in [2.05, 4.69) is 17.2 Å². The second-order valence-electron chi connectivity index (χ2n) is 7.06. The first-order valence-corrected chi connectivity index (χ1v) is 9.37. The summed E-state index contributed by atoms with van der Waals surface area (Å²) in [5, 5.41) is 3.35. The van der Waals surface area contributed by atoms with Crippen molar-refractivity contribution in [3.05, 3.63) is 58.6 Å². The lowest BCUT2D eigenvalue weighted by Gasteiger charge is -2.30. The first kappa shape index (κ1) is 20.4. The number of alkyl halides is 3. The summed E-state index contributed by atoms with van der Waals surface area (Å²) in [6.45, 7) is 1.48. The maximum Gasteiger partial charge on any atom is 0.408 e. The van der Waals surface area contributed by atoms with Crippen molar-refractivity contribution in [2.75, 3.05) is 12.4 Å². The number of ether oxygens (including phenoxy) is 1. The fourth-order valence-corrected chi connectivity index (χ4v) is 2.96. The molecule has 2 nitrogen and oxygen atoms in total. The summed E-state index contributed by atoms with van der Waals surface area (Å²) >= 11 is 6.04. The summed E-state index contributed by atoms with van der Waals surface area (Å²) in [4.78, 5) is 0. The van der Waals surface area contributed by atoms with Gasteiger partial charge in [-0.15, -0.1) is 0 Å². The summed E-state index contributed by atoms with van der Waals surface area (Å²) < 4.78 is 47.2. The molecule has 0 aliphatic heterocycles. The van der Waals surface area contributed by atoms with Crippen LogP contribution in [0.2, 0.25) is 5.02 Å². The lowest BCUT2D eigenvalue weighted by atomic mass is 9.81. The molecule has 0 amide bonds. The molecule has 0 radical (unpaired) electrons. The average Bonchev–Trinajstić information content (AvgIpc) is 3.49. The van der Waals surface area contributed by atoms with Crippen LogP contribution in [-0.2, 0) is 12.0 Å². The molecule has 0 heterocycles. The van der Waals surface area contributed by atoms with Gasteiger partial charge in [-0.2, -0.15) is 13.2 Å². The minimum Gasteiger partial charge on any atom is -0.497 e. The molecule has 0 saturated heterocycles. The molecule has 148 valence electrons. The van der Waals surface area contributed by atoms with Crippen molar-refractivity contribution in [2.45, 2.75) is 37.9 Å². The van der Waals surface area contributed by atoms with Crippen LogP contribution in [0.15, 0.2) is 42.5 Å². The third-order valence-electron chi connectivity index (χ3n) is 4.83. The van der Waals surface area contributed by atoms with Gasteiger partial charge < -0.3 is 10.1 Å². The van der Waals surface area contributed by atoms with E-state index in [1.807, 2.05) is 12.1 Å². The van der Waals surface area contributed by atoms with Crippen molar-refractivity contribution in [2.24, 2.45) is 5.92 Å². The highest BCUT2D eigenvalue weighted by Crippen LogP contribution is 2.45. The summed E-state index contributed by atoms with van der Waals surface area (Å²) in [6, 6.07) is 11.8. The van der Waals surface area contributed by atoms with Gasteiger partial charge in [0.05, 0.1) is 7.11 Å². The molecule has 1 aliphatic carbocycles. The van der Waals surface area contributed by atoms with Crippen molar-refractivity contribution in [1.29, 1.82) is 0 Å². The number of anilines is 1. The van der Waals surface area contributed by atoms with Gasteiger partial charge >= 0.3 is 6.18 Å². The average molecular weight is 408 g/mol. The number of methoxy groups -OCH3 is 1. The zero-order valence-electron chi connectivity index (χ0n) is 15.7. The predicted octanol–water partition coefficient (Wildman–Crippen LogP) is 6.19. The lowest BCUT2D eigenvalue weighted by molar-refractivity contribution is -0.167.